The van der Waals surface area contributed by atoms with E-state index < -0.39 is 83.1 Å². The molecule has 1 saturated carbocycles. The number of nitrogens with zero attached hydrogens (tertiary/aromatic N) is 3. The molecule has 0 saturated heterocycles. The minimum Gasteiger partial charge on any atom is -0.391 e. The third-order valence-electron chi connectivity index (χ3n) is 9.43. The maximum Gasteiger partial charge on any atom is 0.235 e. The average Bonchev–Trinajstić information content (AvgIpc) is 3.03. The minimum absolute atomic E-state index is 0.0367. The number of rotatable bonds is 14. The fourth-order valence-corrected chi connectivity index (χ4v) is 6.70. The largest absolute Gasteiger partial charge is 0.391 e. The second kappa shape index (κ2) is 15.8. The van der Waals surface area contributed by atoms with Crippen LogP contribution in [0.4, 0.5) is 5.82 Å². The standard InChI is InChI=1S/C35H50N6O6/c1-8-21(6)29(37)32(45)30(24-13-9-11-15-38-24)40-34(47)35(20(4)5)28(31(44)23(36)17-19(2)3)26(43)18-25(33(35)46)41(22(7)42)27-14-10-12-16-39-27/h9-16,19-21,23,25,28-31,44H,8,17-18,36-37H2,1-7H3,(H,40,47)/t21-,23-,25?,28?,29-,30?,31+,35-/m0/s1. The summed E-state index contributed by atoms with van der Waals surface area (Å²) in [5, 5.41) is 14.5. The first-order valence-corrected chi connectivity index (χ1v) is 16.3. The van der Waals surface area contributed by atoms with Crippen LogP contribution >= 0.6 is 0 Å². The van der Waals surface area contributed by atoms with Crippen LogP contribution in [-0.2, 0) is 24.0 Å². The molecule has 3 unspecified atom stereocenters. The Kier molecular flexibility index (Phi) is 12.6. The zero-order valence-electron chi connectivity index (χ0n) is 28.4. The molecule has 0 radical (unpaired) electrons. The van der Waals surface area contributed by atoms with Gasteiger partial charge in [-0.05, 0) is 48.4 Å². The summed E-state index contributed by atoms with van der Waals surface area (Å²) in [6, 6.07) is 4.97. The average molecular weight is 651 g/mol. The molecule has 0 bridgehead atoms. The van der Waals surface area contributed by atoms with E-state index in [0.29, 0.717) is 12.8 Å². The molecule has 0 spiro atoms. The molecule has 2 aromatic rings. The summed E-state index contributed by atoms with van der Waals surface area (Å²) < 4.78 is 0. The number of carbonyl (C=O) groups is 5. The van der Waals surface area contributed by atoms with Gasteiger partial charge in [-0.15, -0.1) is 0 Å². The highest BCUT2D eigenvalue weighted by Gasteiger charge is 2.65. The Hall–Kier alpha value is -3.87. The van der Waals surface area contributed by atoms with Gasteiger partial charge in [-0.1, -0.05) is 60.1 Å². The summed E-state index contributed by atoms with van der Waals surface area (Å²) in [5.74, 6) is -5.95. The van der Waals surface area contributed by atoms with Gasteiger partial charge in [-0.2, -0.15) is 0 Å². The van der Waals surface area contributed by atoms with Crippen molar-refractivity contribution in [3.8, 4) is 0 Å². The fraction of sp³-hybridized carbons (Fsp3) is 0.571. The van der Waals surface area contributed by atoms with E-state index in [4.69, 9.17) is 11.5 Å². The fourth-order valence-electron chi connectivity index (χ4n) is 6.70. The van der Waals surface area contributed by atoms with Gasteiger partial charge in [-0.3, -0.25) is 33.9 Å². The molecular formula is C35H50N6O6. The Morgan fingerprint density at radius 2 is 1.64 bits per heavy atom. The van der Waals surface area contributed by atoms with E-state index in [9.17, 15) is 24.3 Å². The lowest BCUT2D eigenvalue weighted by Gasteiger charge is -2.50. The van der Waals surface area contributed by atoms with Crippen LogP contribution < -0.4 is 21.7 Å². The number of hydrogen-bond donors (Lipinski definition) is 4. The Morgan fingerprint density at radius 3 is 2.13 bits per heavy atom. The summed E-state index contributed by atoms with van der Waals surface area (Å²) in [7, 11) is 0. The smallest absolute Gasteiger partial charge is 0.235 e. The van der Waals surface area contributed by atoms with Crippen LogP contribution in [0.5, 0.6) is 0 Å². The van der Waals surface area contributed by atoms with Gasteiger partial charge in [0, 0.05) is 31.8 Å². The van der Waals surface area contributed by atoms with Gasteiger partial charge in [-0.25, -0.2) is 4.98 Å². The maximum atomic E-state index is 15.0. The first kappa shape index (κ1) is 37.6. The SMILES string of the molecule is CC[C@H](C)[C@H](N)C(=O)C(NC(=O)[C@]1(C(C)C)C(=O)C(N(C(C)=O)c2ccccn2)CC(=O)C1[C@H](O)[C@@H](N)CC(C)C)c1ccccn1. The predicted octanol–water partition coefficient (Wildman–Crippen LogP) is 2.53. The van der Waals surface area contributed by atoms with Gasteiger partial charge in [0.25, 0.3) is 0 Å². The van der Waals surface area contributed by atoms with Crippen molar-refractivity contribution in [2.24, 2.45) is 40.6 Å². The van der Waals surface area contributed by atoms with Crippen LogP contribution in [0.2, 0.25) is 0 Å². The first-order valence-electron chi connectivity index (χ1n) is 16.3. The molecule has 12 heteroatoms. The highest BCUT2D eigenvalue weighted by molar-refractivity contribution is 6.19. The molecule has 47 heavy (non-hydrogen) atoms. The van der Waals surface area contributed by atoms with Crippen molar-refractivity contribution >= 4 is 35.0 Å². The summed E-state index contributed by atoms with van der Waals surface area (Å²) in [4.78, 5) is 80.9. The normalized spacial score (nSPS) is 23.1. The Balaban J connectivity index is 2.27. The number of aliphatic hydroxyl groups excluding tert-OH is 1. The van der Waals surface area contributed by atoms with Crippen molar-refractivity contribution < 1.29 is 29.1 Å². The number of ketones is 3. The topological polar surface area (TPSA) is 199 Å². The third kappa shape index (κ3) is 7.66. The van der Waals surface area contributed by atoms with E-state index in [2.05, 4.69) is 15.3 Å². The van der Waals surface area contributed by atoms with Crippen LogP contribution in [0.1, 0.15) is 79.5 Å². The Labute approximate surface area is 277 Å². The number of carbonyl (C=O) groups excluding carboxylic acids is 5. The minimum atomic E-state index is -2.25. The van der Waals surface area contributed by atoms with Crippen LogP contribution in [0.3, 0.4) is 0 Å². The molecular weight excluding hydrogens is 600 g/mol. The number of anilines is 1. The summed E-state index contributed by atoms with van der Waals surface area (Å²) in [6.07, 6.45) is 1.77. The summed E-state index contributed by atoms with van der Waals surface area (Å²) in [5.41, 5.74) is 10.8. The quantitative estimate of drug-likeness (QED) is 0.220. The predicted molar refractivity (Wildman–Crippen MR) is 178 cm³/mol. The zero-order chi connectivity index (χ0) is 35.2. The van der Waals surface area contributed by atoms with Gasteiger partial charge in [0.05, 0.1) is 23.8 Å². The van der Waals surface area contributed by atoms with E-state index in [1.54, 1.807) is 44.2 Å². The van der Waals surface area contributed by atoms with Crippen LogP contribution in [0.25, 0.3) is 0 Å². The van der Waals surface area contributed by atoms with Crippen molar-refractivity contribution in [3.05, 3.63) is 54.5 Å². The van der Waals surface area contributed by atoms with Gasteiger partial charge < -0.3 is 21.9 Å². The van der Waals surface area contributed by atoms with Crippen molar-refractivity contribution in [2.75, 3.05) is 4.90 Å². The number of amides is 2. The highest BCUT2D eigenvalue weighted by Crippen LogP contribution is 2.47. The molecule has 0 aromatic carbocycles. The van der Waals surface area contributed by atoms with Gasteiger partial charge in [0.1, 0.15) is 29.1 Å². The second-order valence-corrected chi connectivity index (χ2v) is 13.4. The summed E-state index contributed by atoms with van der Waals surface area (Å²) >= 11 is 0. The molecule has 2 heterocycles. The molecule has 2 amide bonds. The van der Waals surface area contributed by atoms with E-state index in [1.807, 2.05) is 27.7 Å². The molecule has 1 aliphatic carbocycles. The molecule has 1 aliphatic rings. The lowest BCUT2D eigenvalue weighted by Crippen LogP contribution is -2.70. The van der Waals surface area contributed by atoms with Gasteiger partial charge in [0.15, 0.2) is 11.6 Å². The van der Waals surface area contributed by atoms with E-state index in [-0.39, 0.29) is 23.3 Å². The van der Waals surface area contributed by atoms with Crippen LogP contribution in [0, 0.1) is 29.1 Å². The highest BCUT2D eigenvalue weighted by atomic mass is 16.3. The number of hydrogen-bond acceptors (Lipinski definition) is 10. The molecule has 6 N–H and O–H groups in total. The molecule has 12 nitrogen and oxygen atoms in total. The third-order valence-corrected chi connectivity index (χ3v) is 9.43. The lowest BCUT2D eigenvalue weighted by molar-refractivity contribution is -0.168. The van der Waals surface area contributed by atoms with E-state index in [0.717, 1.165) is 4.90 Å². The zero-order valence-corrected chi connectivity index (χ0v) is 28.4. The van der Waals surface area contributed by atoms with Crippen molar-refractivity contribution in [1.29, 1.82) is 0 Å². The van der Waals surface area contributed by atoms with Crippen LogP contribution in [-0.4, -0.2) is 68.5 Å². The molecule has 256 valence electrons. The molecule has 0 aliphatic heterocycles. The Morgan fingerprint density at radius 1 is 1.02 bits per heavy atom. The van der Waals surface area contributed by atoms with Gasteiger partial charge >= 0.3 is 0 Å². The molecule has 1 fully saturated rings. The van der Waals surface area contributed by atoms with Crippen molar-refractivity contribution in [1.82, 2.24) is 15.3 Å². The number of aliphatic hydroxyl groups is 1. The monoisotopic (exact) mass is 650 g/mol. The number of pyridine rings is 2. The van der Waals surface area contributed by atoms with Crippen molar-refractivity contribution in [2.45, 2.75) is 98.0 Å². The lowest BCUT2D eigenvalue weighted by atomic mass is 9.54. The van der Waals surface area contributed by atoms with Crippen LogP contribution in [0.15, 0.2) is 48.8 Å². The van der Waals surface area contributed by atoms with Gasteiger partial charge in [0.2, 0.25) is 11.8 Å². The molecule has 2 aromatic heterocycles. The molecule has 8 atom stereocenters. The first-order chi connectivity index (χ1) is 22.1. The van der Waals surface area contributed by atoms with E-state index in [1.165, 1.54) is 25.4 Å². The number of nitrogens with one attached hydrogen (secondary N) is 1. The number of aromatic nitrogens is 2. The number of nitrogens with two attached hydrogens (primary N) is 2. The Bertz CT molecular complexity index is 1420. The van der Waals surface area contributed by atoms with Crippen molar-refractivity contribution in [3.63, 3.8) is 0 Å². The van der Waals surface area contributed by atoms with E-state index >= 15 is 4.79 Å². The summed E-state index contributed by atoms with van der Waals surface area (Å²) in [6.45, 7) is 12.0. The maximum absolute atomic E-state index is 15.0. The number of Topliss-reactive ketones (excluding diaryl/α,β-unsaturated/α-hetero) is 3. The second-order valence-electron chi connectivity index (χ2n) is 13.4. The molecule has 3 rings (SSSR count).